The third-order valence-electron chi connectivity index (χ3n) is 3.04. The summed E-state index contributed by atoms with van der Waals surface area (Å²) in [6.07, 6.45) is 0. The summed E-state index contributed by atoms with van der Waals surface area (Å²) in [7, 11) is 2.06. The zero-order chi connectivity index (χ0) is 15.2. The van der Waals surface area contributed by atoms with Gasteiger partial charge in [-0.2, -0.15) is 0 Å². The predicted octanol–water partition coefficient (Wildman–Crippen LogP) is 3.70. The molecule has 0 aliphatic heterocycles. The maximum absolute atomic E-state index is 6.38. The van der Waals surface area contributed by atoms with E-state index in [1.165, 1.54) is 5.56 Å². The second-order valence-corrected chi connectivity index (χ2v) is 6.38. The molecule has 0 saturated carbocycles. The molecular formula is C16H27ClN2O. The first kappa shape index (κ1) is 17.3. The molecule has 0 unspecified atom stereocenters. The van der Waals surface area contributed by atoms with Crippen molar-refractivity contribution in [3.8, 4) is 0 Å². The van der Waals surface area contributed by atoms with Crippen LogP contribution in [0.4, 0.5) is 5.69 Å². The van der Waals surface area contributed by atoms with E-state index < -0.39 is 0 Å². The lowest BCUT2D eigenvalue weighted by Crippen LogP contribution is -2.35. The summed E-state index contributed by atoms with van der Waals surface area (Å²) in [4.78, 5) is 2.16. The number of likely N-dealkylation sites (N-methyl/N-ethyl adjacent to an activating group) is 1. The molecule has 0 saturated heterocycles. The Morgan fingerprint density at radius 2 is 2.00 bits per heavy atom. The van der Waals surface area contributed by atoms with Crippen LogP contribution >= 0.6 is 11.6 Å². The van der Waals surface area contributed by atoms with Crippen LogP contribution in [0.15, 0.2) is 18.2 Å². The SMILES string of the molecule is CCOCCN(C)c1c(Cl)cccc1CNC(C)(C)C. The Bertz CT molecular complexity index is 415. The van der Waals surface area contributed by atoms with Crippen molar-refractivity contribution in [1.29, 1.82) is 0 Å². The molecule has 0 aromatic heterocycles. The van der Waals surface area contributed by atoms with Gasteiger partial charge in [-0.15, -0.1) is 0 Å². The fraction of sp³-hybridized carbons (Fsp3) is 0.625. The molecule has 0 aliphatic carbocycles. The summed E-state index contributed by atoms with van der Waals surface area (Å²) in [5, 5.41) is 4.30. The average molecular weight is 299 g/mol. The summed E-state index contributed by atoms with van der Waals surface area (Å²) in [6.45, 7) is 11.6. The topological polar surface area (TPSA) is 24.5 Å². The standard InChI is InChI=1S/C16H27ClN2O/c1-6-20-11-10-19(5)15-13(8-7-9-14(15)17)12-18-16(2,3)4/h7-9,18H,6,10-12H2,1-5H3. The highest BCUT2D eigenvalue weighted by molar-refractivity contribution is 6.33. The highest BCUT2D eigenvalue weighted by atomic mass is 35.5. The van der Waals surface area contributed by atoms with E-state index in [9.17, 15) is 0 Å². The van der Waals surface area contributed by atoms with Crippen LogP contribution in [-0.2, 0) is 11.3 Å². The first-order valence-corrected chi connectivity index (χ1v) is 7.54. The zero-order valence-corrected chi connectivity index (χ0v) is 14.0. The van der Waals surface area contributed by atoms with E-state index in [-0.39, 0.29) is 5.54 Å². The van der Waals surface area contributed by atoms with E-state index in [0.717, 1.165) is 30.4 Å². The number of nitrogens with zero attached hydrogens (tertiary/aromatic N) is 1. The van der Waals surface area contributed by atoms with Gasteiger partial charge in [0.25, 0.3) is 0 Å². The summed E-state index contributed by atoms with van der Waals surface area (Å²) in [6, 6.07) is 6.06. The molecule has 0 spiro atoms. The van der Waals surface area contributed by atoms with Gasteiger partial charge in [-0.3, -0.25) is 0 Å². The Morgan fingerprint density at radius 1 is 1.30 bits per heavy atom. The minimum atomic E-state index is 0.0868. The van der Waals surface area contributed by atoms with Gasteiger partial charge in [0.1, 0.15) is 0 Å². The summed E-state index contributed by atoms with van der Waals surface area (Å²) < 4.78 is 5.42. The molecule has 114 valence electrons. The van der Waals surface area contributed by atoms with Gasteiger partial charge in [-0.1, -0.05) is 23.7 Å². The van der Waals surface area contributed by atoms with Crippen molar-refractivity contribution in [1.82, 2.24) is 5.32 Å². The molecule has 0 fully saturated rings. The maximum atomic E-state index is 6.38. The number of rotatable bonds is 7. The van der Waals surface area contributed by atoms with Crippen molar-refractivity contribution in [2.45, 2.75) is 39.8 Å². The Kier molecular flexibility index (Phi) is 6.80. The van der Waals surface area contributed by atoms with Crippen LogP contribution in [0.25, 0.3) is 0 Å². The lowest BCUT2D eigenvalue weighted by Gasteiger charge is -2.26. The van der Waals surface area contributed by atoms with Gasteiger partial charge in [0.05, 0.1) is 17.3 Å². The second-order valence-electron chi connectivity index (χ2n) is 5.97. The molecular weight excluding hydrogens is 272 g/mol. The molecule has 4 heteroatoms. The normalized spacial score (nSPS) is 11.7. The Morgan fingerprint density at radius 3 is 2.60 bits per heavy atom. The lowest BCUT2D eigenvalue weighted by atomic mass is 10.1. The molecule has 1 aromatic carbocycles. The van der Waals surface area contributed by atoms with Gasteiger partial charge in [0.2, 0.25) is 0 Å². The molecule has 20 heavy (non-hydrogen) atoms. The van der Waals surface area contributed by atoms with Crippen LogP contribution in [0.2, 0.25) is 5.02 Å². The van der Waals surface area contributed by atoms with Gasteiger partial charge in [-0.25, -0.2) is 0 Å². The fourth-order valence-corrected chi connectivity index (χ4v) is 2.29. The van der Waals surface area contributed by atoms with E-state index in [1.807, 2.05) is 19.1 Å². The lowest BCUT2D eigenvalue weighted by molar-refractivity contribution is 0.154. The second kappa shape index (κ2) is 7.87. The highest BCUT2D eigenvalue weighted by Crippen LogP contribution is 2.29. The van der Waals surface area contributed by atoms with E-state index in [2.05, 4.69) is 44.1 Å². The number of hydrogen-bond acceptors (Lipinski definition) is 3. The average Bonchev–Trinajstić information content (AvgIpc) is 2.35. The van der Waals surface area contributed by atoms with Crippen molar-refractivity contribution < 1.29 is 4.74 Å². The highest BCUT2D eigenvalue weighted by Gasteiger charge is 2.14. The van der Waals surface area contributed by atoms with Crippen molar-refractivity contribution >= 4 is 17.3 Å². The Labute approximate surface area is 128 Å². The number of hydrogen-bond donors (Lipinski definition) is 1. The van der Waals surface area contributed by atoms with Crippen LogP contribution in [0.5, 0.6) is 0 Å². The fourth-order valence-electron chi connectivity index (χ4n) is 1.95. The van der Waals surface area contributed by atoms with Crippen LogP contribution < -0.4 is 10.2 Å². The molecule has 0 radical (unpaired) electrons. The maximum Gasteiger partial charge on any atom is 0.0642 e. The Balaban J connectivity index is 2.82. The van der Waals surface area contributed by atoms with Gasteiger partial charge in [0.15, 0.2) is 0 Å². The first-order chi connectivity index (χ1) is 9.35. The largest absolute Gasteiger partial charge is 0.380 e. The zero-order valence-electron chi connectivity index (χ0n) is 13.3. The number of nitrogens with one attached hydrogen (secondary N) is 1. The minimum absolute atomic E-state index is 0.0868. The summed E-state index contributed by atoms with van der Waals surface area (Å²) in [5.74, 6) is 0. The van der Waals surface area contributed by atoms with Crippen molar-refractivity contribution in [3.63, 3.8) is 0 Å². The molecule has 0 bridgehead atoms. The van der Waals surface area contributed by atoms with Crippen molar-refractivity contribution in [3.05, 3.63) is 28.8 Å². The van der Waals surface area contributed by atoms with Crippen LogP contribution in [-0.4, -0.2) is 32.3 Å². The predicted molar refractivity (Wildman–Crippen MR) is 87.8 cm³/mol. The van der Waals surface area contributed by atoms with E-state index in [1.54, 1.807) is 0 Å². The third kappa shape index (κ3) is 5.70. The molecule has 0 amide bonds. The summed E-state index contributed by atoms with van der Waals surface area (Å²) in [5.41, 5.74) is 2.39. The third-order valence-corrected chi connectivity index (χ3v) is 3.34. The first-order valence-electron chi connectivity index (χ1n) is 7.16. The number of ether oxygens (including phenoxy) is 1. The van der Waals surface area contributed by atoms with Crippen molar-refractivity contribution in [2.24, 2.45) is 0 Å². The van der Waals surface area contributed by atoms with Gasteiger partial charge < -0.3 is 15.0 Å². The van der Waals surface area contributed by atoms with Crippen LogP contribution in [0.3, 0.4) is 0 Å². The van der Waals surface area contributed by atoms with Crippen LogP contribution in [0.1, 0.15) is 33.3 Å². The van der Waals surface area contributed by atoms with Crippen molar-refractivity contribution in [2.75, 3.05) is 31.7 Å². The molecule has 0 heterocycles. The molecule has 1 rings (SSSR count). The van der Waals surface area contributed by atoms with E-state index in [4.69, 9.17) is 16.3 Å². The minimum Gasteiger partial charge on any atom is -0.380 e. The van der Waals surface area contributed by atoms with Gasteiger partial charge in [0, 0.05) is 32.3 Å². The van der Waals surface area contributed by atoms with Gasteiger partial charge in [-0.05, 0) is 39.3 Å². The van der Waals surface area contributed by atoms with Crippen LogP contribution in [0, 0.1) is 0 Å². The summed E-state index contributed by atoms with van der Waals surface area (Å²) >= 11 is 6.38. The Hall–Kier alpha value is -0.770. The number of para-hydroxylation sites is 1. The molecule has 1 N–H and O–H groups in total. The van der Waals surface area contributed by atoms with Gasteiger partial charge >= 0.3 is 0 Å². The van der Waals surface area contributed by atoms with E-state index >= 15 is 0 Å². The van der Waals surface area contributed by atoms with E-state index in [0.29, 0.717) is 6.61 Å². The molecule has 3 nitrogen and oxygen atoms in total. The number of halogens is 1. The quantitative estimate of drug-likeness (QED) is 0.777. The molecule has 1 aromatic rings. The smallest absolute Gasteiger partial charge is 0.0642 e. The number of anilines is 1. The monoisotopic (exact) mass is 298 g/mol. The molecule has 0 atom stereocenters. The molecule has 0 aliphatic rings. The number of benzene rings is 1.